The van der Waals surface area contributed by atoms with Crippen molar-refractivity contribution in [2.24, 2.45) is 11.3 Å². The summed E-state index contributed by atoms with van der Waals surface area (Å²) in [5.41, 5.74) is 0.531. The quantitative estimate of drug-likeness (QED) is 0.603. The van der Waals surface area contributed by atoms with E-state index in [4.69, 9.17) is 5.11 Å². The van der Waals surface area contributed by atoms with Crippen LogP contribution in [-0.2, 0) is 0 Å². The van der Waals surface area contributed by atoms with Crippen molar-refractivity contribution in [1.29, 1.82) is 0 Å². The highest BCUT2D eigenvalue weighted by Crippen LogP contribution is 2.50. The molecule has 2 aliphatic rings. The Labute approximate surface area is 68.2 Å². The van der Waals surface area contributed by atoms with Gasteiger partial charge in [-0.1, -0.05) is 6.42 Å². The van der Waals surface area contributed by atoms with Gasteiger partial charge in [-0.2, -0.15) is 0 Å². The number of hydrogen-bond acceptors (Lipinski definition) is 2. The van der Waals surface area contributed by atoms with Gasteiger partial charge in [0.2, 0.25) is 0 Å². The molecule has 1 unspecified atom stereocenters. The molecule has 1 atom stereocenters. The van der Waals surface area contributed by atoms with Crippen LogP contribution >= 0.6 is 0 Å². The van der Waals surface area contributed by atoms with Crippen LogP contribution in [0.1, 0.15) is 19.3 Å². The van der Waals surface area contributed by atoms with Crippen molar-refractivity contribution < 1.29 is 5.11 Å². The van der Waals surface area contributed by atoms with Crippen LogP contribution in [0.2, 0.25) is 0 Å². The molecule has 1 heterocycles. The first-order valence-electron chi connectivity index (χ1n) is 4.56. The Morgan fingerprint density at radius 2 is 2.27 bits per heavy atom. The van der Waals surface area contributed by atoms with E-state index in [0.29, 0.717) is 17.9 Å². The van der Waals surface area contributed by atoms with Crippen molar-refractivity contribution in [2.45, 2.75) is 19.3 Å². The summed E-state index contributed by atoms with van der Waals surface area (Å²) in [7, 11) is 2.16. The number of nitrogens with zero attached hydrogens (tertiary/aromatic N) is 1. The van der Waals surface area contributed by atoms with Gasteiger partial charge in [0, 0.05) is 25.6 Å². The Morgan fingerprint density at radius 1 is 1.55 bits per heavy atom. The number of likely N-dealkylation sites (tertiary alicyclic amines) is 1. The van der Waals surface area contributed by atoms with E-state index in [1.165, 1.54) is 25.8 Å². The molecule has 0 radical (unpaired) electrons. The van der Waals surface area contributed by atoms with E-state index < -0.39 is 0 Å². The Morgan fingerprint density at radius 3 is 2.64 bits per heavy atom. The van der Waals surface area contributed by atoms with Gasteiger partial charge < -0.3 is 10.0 Å². The number of hydrogen-bond donors (Lipinski definition) is 1. The fourth-order valence-corrected chi connectivity index (χ4v) is 2.75. The highest BCUT2D eigenvalue weighted by atomic mass is 16.3. The van der Waals surface area contributed by atoms with Crippen LogP contribution in [0.15, 0.2) is 0 Å². The van der Waals surface area contributed by atoms with E-state index in [2.05, 4.69) is 11.9 Å². The average molecular weight is 155 g/mol. The van der Waals surface area contributed by atoms with Gasteiger partial charge in [0.15, 0.2) is 0 Å². The van der Waals surface area contributed by atoms with E-state index in [-0.39, 0.29) is 0 Å². The summed E-state index contributed by atoms with van der Waals surface area (Å²) in [5, 5.41) is 9.16. The lowest BCUT2D eigenvalue weighted by molar-refractivity contribution is 0.0548. The molecule has 1 aliphatic heterocycles. The summed E-state index contributed by atoms with van der Waals surface area (Å²) in [6.45, 7) is 2.72. The lowest BCUT2D eigenvalue weighted by atomic mass is 9.63. The van der Waals surface area contributed by atoms with Gasteiger partial charge in [-0.15, -0.1) is 0 Å². The van der Waals surface area contributed by atoms with Crippen molar-refractivity contribution in [3.05, 3.63) is 0 Å². The van der Waals surface area contributed by atoms with Crippen molar-refractivity contribution in [1.82, 2.24) is 4.90 Å². The van der Waals surface area contributed by atoms with Crippen LogP contribution in [-0.4, -0.2) is 36.8 Å². The molecule has 2 heteroatoms. The first kappa shape index (κ1) is 7.56. The second-order valence-electron chi connectivity index (χ2n) is 4.29. The van der Waals surface area contributed by atoms with E-state index in [9.17, 15) is 0 Å². The van der Waals surface area contributed by atoms with Gasteiger partial charge in [0.1, 0.15) is 0 Å². The monoisotopic (exact) mass is 155 g/mol. The maximum absolute atomic E-state index is 9.16. The van der Waals surface area contributed by atoms with Gasteiger partial charge in [-0.3, -0.25) is 0 Å². The summed E-state index contributed by atoms with van der Waals surface area (Å²) < 4.78 is 0. The second-order valence-corrected chi connectivity index (χ2v) is 4.29. The van der Waals surface area contributed by atoms with Crippen molar-refractivity contribution in [3.63, 3.8) is 0 Å². The van der Waals surface area contributed by atoms with Crippen LogP contribution in [0.5, 0.6) is 0 Å². The van der Waals surface area contributed by atoms with Gasteiger partial charge >= 0.3 is 0 Å². The smallest absolute Gasteiger partial charge is 0.0477 e. The third-order valence-corrected chi connectivity index (χ3v) is 3.55. The SMILES string of the molecule is CN1CC(CO)C2(CCC2)C1. The summed E-state index contributed by atoms with van der Waals surface area (Å²) in [6.07, 6.45) is 4.08. The molecule has 1 saturated heterocycles. The molecule has 2 rings (SSSR count). The Hall–Kier alpha value is -0.0800. The normalized spacial score (nSPS) is 36.0. The summed E-state index contributed by atoms with van der Waals surface area (Å²) in [4.78, 5) is 2.36. The lowest BCUT2D eigenvalue weighted by Crippen LogP contribution is -2.38. The van der Waals surface area contributed by atoms with Gasteiger partial charge in [0.25, 0.3) is 0 Å². The summed E-state index contributed by atoms with van der Waals surface area (Å²) in [5.74, 6) is 0.571. The summed E-state index contributed by atoms with van der Waals surface area (Å²) >= 11 is 0. The van der Waals surface area contributed by atoms with Crippen LogP contribution in [0.25, 0.3) is 0 Å². The first-order valence-corrected chi connectivity index (χ1v) is 4.56. The Bertz CT molecular complexity index is 154. The minimum atomic E-state index is 0.393. The van der Waals surface area contributed by atoms with Crippen molar-refractivity contribution in [3.8, 4) is 0 Å². The van der Waals surface area contributed by atoms with E-state index >= 15 is 0 Å². The van der Waals surface area contributed by atoms with E-state index in [1.807, 2.05) is 0 Å². The fraction of sp³-hybridized carbons (Fsp3) is 1.00. The molecule has 64 valence electrons. The third-order valence-electron chi connectivity index (χ3n) is 3.55. The molecule has 0 aromatic rings. The molecule has 0 bridgehead atoms. The molecule has 0 aromatic carbocycles. The van der Waals surface area contributed by atoms with E-state index in [0.717, 1.165) is 6.54 Å². The van der Waals surface area contributed by atoms with Gasteiger partial charge in [-0.25, -0.2) is 0 Å². The molecule has 2 nitrogen and oxygen atoms in total. The van der Waals surface area contributed by atoms with E-state index in [1.54, 1.807) is 0 Å². The molecule has 1 aliphatic carbocycles. The largest absolute Gasteiger partial charge is 0.396 e. The molecule has 2 fully saturated rings. The molecule has 1 saturated carbocycles. The van der Waals surface area contributed by atoms with Gasteiger partial charge in [0.05, 0.1) is 0 Å². The van der Waals surface area contributed by atoms with Crippen molar-refractivity contribution >= 4 is 0 Å². The molecule has 0 amide bonds. The lowest BCUT2D eigenvalue weighted by Gasteiger charge is -2.42. The van der Waals surface area contributed by atoms with Crippen LogP contribution in [0, 0.1) is 11.3 Å². The summed E-state index contributed by atoms with van der Waals surface area (Å²) in [6, 6.07) is 0. The van der Waals surface area contributed by atoms with Gasteiger partial charge in [-0.05, 0) is 25.3 Å². The molecular formula is C9H17NO. The minimum Gasteiger partial charge on any atom is -0.396 e. The maximum Gasteiger partial charge on any atom is 0.0477 e. The predicted molar refractivity (Wildman–Crippen MR) is 44.4 cm³/mol. The molecule has 1 spiro atoms. The first-order chi connectivity index (χ1) is 5.27. The predicted octanol–water partition coefficient (Wildman–Crippen LogP) is 0.711. The number of aliphatic hydroxyl groups is 1. The van der Waals surface area contributed by atoms with Crippen LogP contribution in [0.4, 0.5) is 0 Å². The highest BCUT2D eigenvalue weighted by molar-refractivity contribution is 5.00. The molecule has 0 aromatic heterocycles. The standard InChI is InChI=1S/C9H17NO/c1-10-5-8(6-11)9(7-10)3-2-4-9/h8,11H,2-7H2,1H3. The molecule has 11 heavy (non-hydrogen) atoms. The zero-order valence-corrected chi connectivity index (χ0v) is 7.21. The topological polar surface area (TPSA) is 23.5 Å². The van der Waals surface area contributed by atoms with Crippen LogP contribution in [0.3, 0.4) is 0 Å². The Balaban J connectivity index is 2.07. The van der Waals surface area contributed by atoms with Crippen LogP contribution < -0.4 is 0 Å². The number of aliphatic hydroxyl groups excluding tert-OH is 1. The Kier molecular flexibility index (Phi) is 1.69. The zero-order valence-electron chi connectivity index (χ0n) is 7.21. The second kappa shape index (κ2) is 2.46. The maximum atomic E-state index is 9.16. The molecule has 1 N–H and O–H groups in total. The molecular weight excluding hydrogens is 138 g/mol. The van der Waals surface area contributed by atoms with Crippen molar-refractivity contribution in [2.75, 3.05) is 26.7 Å². The fourth-order valence-electron chi connectivity index (χ4n) is 2.75. The minimum absolute atomic E-state index is 0.393. The zero-order chi connectivity index (χ0) is 7.90. The highest BCUT2D eigenvalue weighted by Gasteiger charge is 2.48. The third kappa shape index (κ3) is 1.00. The number of rotatable bonds is 1. The average Bonchev–Trinajstić information content (AvgIpc) is 2.25.